The van der Waals surface area contributed by atoms with Crippen LogP contribution in [0.4, 0.5) is 0 Å². The molecule has 1 aliphatic heterocycles. The van der Waals surface area contributed by atoms with Gasteiger partial charge in [-0.15, -0.1) is 0 Å². The second-order valence-corrected chi connectivity index (χ2v) is 7.56. The van der Waals surface area contributed by atoms with E-state index in [2.05, 4.69) is 28.6 Å². The molecule has 1 amide bonds. The summed E-state index contributed by atoms with van der Waals surface area (Å²) < 4.78 is 5.93. The Morgan fingerprint density at radius 2 is 2.22 bits per heavy atom. The van der Waals surface area contributed by atoms with Crippen molar-refractivity contribution in [3.8, 4) is 5.88 Å². The number of aromatic nitrogens is 1. The smallest absolute Gasteiger partial charge is 0.229 e. The van der Waals surface area contributed by atoms with Gasteiger partial charge in [0.05, 0.1) is 5.41 Å². The van der Waals surface area contributed by atoms with Gasteiger partial charge in [-0.3, -0.25) is 4.79 Å². The van der Waals surface area contributed by atoms with E-state index in [1.165, 1.54) is 18.4 Å². The molecule has 23 heavy (non-hydrogen) atoms. The quantitative estimate of drug-likeness (QED) is 0.843. The Morgan fingerprint density at radius 1 is 1.43 bits per heavy atom. The minimum atomic E-state index is -0.583. The Balaban J connectivity index is 1.58. The van der Waals surface area contributed by atoms with Gasteiger partial charge in [-0.2, -0.15) is 0 Å². The van der Waals surface area contributed by atoms with Crippen LogP contribution in [0.1, 0.15) is 45.1 Å². The summed E-state index contributed by atoms with van der Waals surface area (Å²) in [7, 11) is 0. The molecule has 5 heteroatoms. The van der Waals surface area contributed by atoms with Gasteiger partial charge in [0.2, 0.25) is 11.8 Å². The zero-order valence-corrected chi connectivity index (χ0v) is 14.3. The number of carbonyl (C=O) groups is 1. The van der Waals surface area contributed by atoms with Crippen LogP contribution in [-0.4, -0.2) is 36.6 Å². The number of hydrogen-bond donors (Lipinski definition) is 2. The first kappa shape index (κ1) is 16.2. The third-order valence-corrected chi connectivity index (χ3v) is 4.84. The molecule has 0 unspecified atom stereocenters. The average molecular weight is 317 g/mol. The second-order valence-electron chi connectivity index (χ2n) is 7.56. The van der Waals surface area contributed by atoms with Gasteiger partial charge < -0.3 is 15.4 Å². The highest BCUT2D eigenvalue weighted by molar-refractivity contribution is 5.82. The van der Waals surface area contributed by atoms with E-state index < -0.39 is 5.41 Å². The molecule has 1 aromatic heterocycles. The summed E-state index contributed by atoms with van der Waals surface area (Å²) in [4.78, 5) is 16.9. The Labute approximate surface area is 138 Å². The summed E-state index contributed by atoms with van der Waals surface area (Å²) in [5, 5.41) is 6.46. The molecular formula is C18H27N3O2. The molecule has 0 aromatic carbocycles. The lowest BCUT2D eigenvalue weighted by Gasteiger charge is -2.27. The van der Waals surface area contributed by atoms with Crippen molar-refractivity contribution in [1.82, 2.24) is 15.6 Å². The van der Waals surface area contributed by atoms with Gasteiger partial charge in [0.1, 0.15) is 6.61 Å². The van der Waals surface area contributed by atoms with Crippen molar-refractivity contribution in [2.45, 2.75) is 45.6 Å². The number of nitrogens with one attached hydrogen (secondary N) is 2. The molecule has 2 aliphatic rings. The first-order valence-electron chi connectivity index (χ1n) is 8.57. The Kier molecular flexibility index (Phi) is 4.57. The zero-order valence-electron chi connectivity index (χ0n) is 14.3. The minimum Gasteiger partial charge on any atom is -0.476 e. The predicted molar refractivity (Wildman–Crippen MR) is 89.5 cm³/mol. The van der Waals surface area contributed by atoms with Crippen molar-refractivity contribution >= 4 is 5.91 Å². The van der Waals surface area contributed by atoms with E-state index in [1.54, 1.807) is 6.20 Å². The van der Waals surface area contributed by atoms with E-state index >= 15 is 0 Å². The third-order valence-electron chi connectivity index (χ3n) is 4.84. The van der Waals surface area contributed by atoms with Crippen LogP contribution in [0, 0.1) is 11.3 Å². The van der Waals surface area contributed by atoms with Crippen LogP contribution in [0.25, 0.3) is 0 Å². The number of carbonyl (C=O) groups excluding carboxylic acids is 1. The zero-order chi connectivity index (χ0) is 16.4. The van der Waals surface area contributed by atoms with E-state index in [4.69, 9.17) is 4.74 Å². The summed E-state index contributed by atoms with van der Waals surface area (Å²) in [6.45, 7) is 8.15. The van der Waals surface area contributed by atoms with Crippen LogP contribution in [0.15, 0.2) is 18.3 Å². The summed E-state index contributed by atoms with van der Waals surface area (Å²) in [6, 6.07) is 4.24. The largest absolute Gasteiger partial charge is 0.476 e. The summed E-state index contributed by atoms with van der Waals surface area (Å²) in [6.07, 6.45) is 4.16. The number of hydrogen-bond acceptors (Lipinski definition) is 4. The Bertz CT molecular complexity index is 569. The van der Waals surface area contributed by atoms with E-state index in [0.29, 0.717) is 24.3 Å². The van der Waals surface area contributed by atoms with Gasteiger partial charge in [0, 0.05) is 24.3 Å². The fourth-order valence-corrected chi connectivity index (χ4v) is 2.91. The number of nitrogens with zero attached hydrogens (tertiary/aromatic N) is 1. The van der Waals surface area contributed by atoms with Crippen molar-refractivity contribution in [2.75, 3.05) is 19.7 Å². The van der Waals surface area contributed by atoms with Crippen molar-refractivity contribution in [1.29, 1.82) is 0 Å². The van der Waals surface area contributed by atoms with Gasteiger partial charge in [-0.25, -0.2) is 4.98 Å². The fourth-order valence-electron chi connectivity index (χ4n) is 2.91. The SMILES string of the molecule is C[C@@H]1CNC[C@H]1NC(=O)C(C)(C)COc1ncccc1C1CC1. The average Bonchev–Trinajstić information content (AvgIpc) is 3.30. The molecule has 0 radical (unpaired) electrons. The summed E-state index contributed by atoms with van der Waals surface area (Å²) in [5.41, 5.74) is 0.595. The maximum Gasteiger partial charge on any atom is 0.229 e. The lowest BCUT2D eigenvalue weighted by molar-refractivity contribution is -0.131. The Hall–Kier alpha value is -1.62. The maximum atomic E-state index is 12.6. The van der Waals surface area contributed by atoms with Crippen molar-refractivity contribution in [2.24, 2.45) is 11.3 Å². The molecule has 2 N–H and O–H groups in total. The van der Waals surface area contributed by atoms with Crippen LogP contribution >= 0.6 is 0 Å². The molecule has 1 aromatic rings. The molecule has 1 saturated carbocycles. The molecule has 2 fully saturated rings. The molecule has 0 bridgehead atoms. The molecule has 3 rings (SSSR count). The number of amides is 1. The van der Waals surface area contributed by atoms with Crippen molar-refractivity contribution in [3.05, 3.63) is 23.9 Å². The molecule has 2 heterocycles. The highest BCUT2D eigenvalue weighted by atomic mass is 16.5. The third kappa shape index (κ3) is 3.83. The van der Waals surface area contributed by atoms with Gasteiger partial charge in [0.15, 0.2) is 0 Å². The van der Waals surface area contributed by atoms with Crippen LogP contribution in [-0.2, 0) is 4.79 Å². The van der Waals surface area contributed by atoms with Crippen LogP contribution < -0.4 is 15.4 Å². The van der Waals surface area contributed by atoms with Crippen LogP contribution in [0.3, 0.4) is 0 Å². The molecule has 1 aliphatic carbocycles. The molecule has 5 nitrogen and oxygen atoms in total. The molecular weight excluding hydrogens is 290 g/mol. The summed E-state index contributed by atoms with van der Waals surface area (Å²) >= 11 is 0. The molecule has 0 spiro atoms. The van der Waals surface area contributed by atoms with E-state index in [-0.39, 0.29) is 11.9 Å². The monoisotopic (exact) mass is 317 g/mol. The van der Waals surface area contributed by atoms with E-state index in [9.17, 15) is 4.79 Å². The van der Waals surface area contributed by atoms with Crippen molar-refractivity contribution < 1.29 is 9.53 Å². The lowest BCUT2D eigenvalue weighted by Crippen LogP contribution is -2.48. The standard InChI is InChI=1S/C18H27N3O2/c1-12-9-19-10-15(12)21-17(22)18(2,3)11-23-16-14(13-6-7-13)5-4-8-20-16/h4-5,8,12-13,15,19H,6-7,9-11H2,1-3H3,(H,21,22)/t12-,15-/m1/s1. The minimum absolute atomic E-state index is 0.0435. The number of rotatable bonds is 6. The maximum absolute atomic E-state index is 12.6. The Morgan fingerprint density at radius 3 is 2.87 bits per heavy atom. The molecule has 2 atom stereocenters. The second kappa shape index (κ2) is 6.48. The fraction of sp³-hybridized carbons (Fsp3) is 0.667. The molecule has 1 saturated heterocycles. The highest BCUT2D eigenvalue weighted by Gasteiger charge is 2.34. The van der Waals surface area contributed by atoms with Gasteiger partial charge >= 0.3 is 0 Å². The predicted octanol–water partition coefficient (Wildman–Crippen LogP) is 2.09. The molecule has 126 valence electrons. The normalized spacial score (nSPS) is 24.5. The van der Waals surface area contributed by atoms with Gasteiger partial charge in [-0.05, 0) is 51.1 Å². The number of pyridine rings is 1. The summed E-state index contributed by atoms with van der Waals surface area (Å²) in [5.74, 6) is 1.78. The van der Waals surface area contributed by atoms with Crippen molar-refractivity contribution in [3.63, 3.8) is 0 Å². The number of ether oxygens (including phenoxy) is 1. The lowest BCUT2D eigenvalue weighted by atomic mass is 9.92. The van der Waals surface area contributed by atoms with Crippen LogP contribution in [0.5, 0.6) is 5.88 Å². The van der Waals surface area contributed by atoms with Crippen LogP contribution in [0.2, 0.25) is 0 Å². The first-order valence-corrected chi connectivity index (χ1v) is 8.57. The van der Waals surface area contributed by atoms with E-state index in [1.807, 2.05) is 19.9 Å². The topological polar surface area (TPSA) is 63.2 Å². The first-order chi connectivity index (χ1) is 11.0. The van der Waals surface area contributed by atoms with E-state index in [0.717, 1.165) is 13.1 Å². The van der Waals surface area contributed by atoms with Gasteiger partial charge in [0.25, 0.3) is 0 Å². The highest BCUT2D eigenvalue weighted by Crippen LogP contribution is 2.43. The van der Waals surface area contributed by atoms with Gasteiger partial charge in [-0.1, -0.05) is 13.0 Å².